The van der Waals surface area contributed by atoms with Gasteiger partial charge in [0.15, 0.2) is 0 Å². The van der Waals surface area contributed by atoms with Gasteiger partial charge in [-0.15, -0.1) is 0 Å². The van der Waals surface area contributed by atoms with Crippen LogP contribution in [0.4, 0.5) is 0 Å². The molecule has 0 saturated heterocycles. The Morgan fingerprint density at radius 3 is 2.33 bits per heavy atom. The predicted molar refractivity (Wildman–Crippen MR) is 84.9 cm³/mol. The number of carbonyl (C=O) groups excluding carboxylic acids is 1. The molecule has 0 aromatic heterocycles. The molecule has 5 heteroatoms. The number of carboxylic acids is 1. The van der Waals surface area contributed by atoms with Crippen molar-refractivity contribution in [2.75, 3.05) is 13.1 Å². The van der Waals surface area contributed by atoms with Crippen LogP contribution in [0.5, 0.6) is 0 Å². The Balaban J connectivity index is 4.21. The van der Waals surface area contributed by atoms with Crippen molar-refractivity contribution < 1.29 is 14.7 Å². The molecular formula is C16H32N2O3. The maximum absolute atomic E-state index is 11.8. The highest BCUT2D eigenvalue weighted by molar-refractivity contribution is 5.76. The van der Waals surface area contributed by atoms with E-state index < -0.39 is 5.97 Å². The Morgan fingerprint density at radius 2 is 1.81 bits per heavy atom. The number of rotatable bonds is 12. The van der Waals surface area contributed by atoms with Gasteiger partial charge in [0.05, 0.1) is 0 Å². The molecule has 0 aliphatic heterocycles. The first-order valence-corrected chi connectivity index (χ1v) is 8.07. The molecule has 0 rings (SSSR count). The van der Waals surface area contributed by atoms with E-state index in [0.717, 1.165) is 25.7 Å². The summed E-state index contributed by atoms with van der Waals surface area (Å²) in [5.41, 5.74) is 5.47. The standard InChI is InChI=1S/C16H32N2O3/c1-4-5-12(2)8-14(10-16(20)21)11-18-15(19)9-13(3)6-7-17/h12-14H,4-11,17H2,1-3H3,(H,18,19)(H,20,21). The van der Waals surface area contributed by atoms with Crippen molar-refractivity contribution in [2.24, 2.45) is 23.5 Å². The summed E-state index contributed by atoms with van der Waals surface area (Å²) >= 11 is 0. The van der Waals surface area contributed by atoms with Crippen LogP contribution in [0.2, 0.25) is 0 Å². The van der Waals surface area contributed by atoms with Crippen LogP contribution in [0.25, 0.3) is 0 Å². The van der Waals surface area contributed by atoms with Gasteiger partial charge in [-0.1, -0.05) is 33.6 Å². The fourth-order valence-corrected chi connectivity index (χ4v) is 2.70. The molecule has 0 aromatic rings. The summed E-state index contributed by atoms with van der Waals surface area (Å²) in [5, 5.41) is 11.9. The molecule has 1 amide bonds. The van der Waals surface area contributed by atoms with Crippen LogP contribution in [-0.4, -0.2) is 30.1 Å². The van der Waals surface area contributed by atoms with Gasteiger partial charge < -0.3 is 16.2 Å². The summed E-state index contributed by atoms with van der Waals surface area (Å²) in [6.07, 6.45) is 4.45. The lowest BCUT2D eigenvalue weighted by atomic mass is 9.90. The van der Waals surface area contributed by atoms with E-state index in [9.17, 15) is 9.59 Å². The van der Waals surface area contributed by atoms with Crippen molar-refractivity contribution >= 4 is 11.9 Å². The largest absolute Gasteiger partial charge is 0.481 e. The number of carbonyl (C=O) groups is 2. The van der Waals surface area contributed by atoms with Crippen molar-refractivity contribution in [1.82, 2.24) is 5.32 Å². The lowest BCUT2D eigenvalue weighted by molar-refractivity contribution is -0.138. The minimum atomic E-state index is -0.797. The molecule has 0 bridgehead atoms. The molecule has 4 N–H and O–H groups in total. The van der Waals surface area contributed by atoms with E-state index in [-0.39, 0.29) is 24.2 Å². The van der Waals surface area contributed by atoms with Crippen LogP contribution in [0.3, 0.4) is 0 Å². The van der Waals surface area contributed by atoms with Crippen molar-refractivity contribution in [3.05, 3.63) is 0 Å². The molecule has 3 atom stereocenters. The van der Waals surface area contributed by atoms with E-state index >= 15 is 0 Å². The van der Waals surface area contributed by atoms with E-state index in [1.807, 2.05) is 6.92 Å². The third-order valence-corrected chi connectivity index (χ3v) is 3.76. The van der Waals surface area contributed by atoms with Crippen molar-refractivity contribution in [2.45, 2.75) is 59.3 Å². The first-order valence-electron chi connectivity index (χ1n) is 8.07. The van der Waals surface area contributed by atoms with Gasteiger partial charge in [0.2, 0.25) is 5.91 Å². The van der Waals surface area contributed by atoms with Crippen LogP contribution in [0.15, 0.2) is 0 Å². The number of hydrogen-bond acceptors (Lipinski definition) is 3. The molecular weight excluding hydrogens is 268 g/mol. The third kappa shape index (κ3) is 11.3. The molecule has 0 spiro atoms. The SMILES string of the molecule is CCCC(C)CC(CNC(=O)CC(C)CCN)CC(=O)O. The van der Waals surface area contributed by atoms with Crippen LogP contribution >= 0.6 is 0 Å². The van der Waals surface area contributed by atoms with Gasteiger partial charge in [-0.25, -0.2) is 0 Å². The van der Waals surface area contributed by atoms with Gasteiger partial charge in [0, 0.05) is 19.4 Å². The predicted octanol–water partition coefficient (Wildman–Crippen LogP) is 2.39. The minimum Gasteiger partial charge on any atom is -0.481 e. The van der Waals surface area contributed by atoms with Gasteiger partial charge in [-0.3, -0.25) is 9.59 Å². The molecule has 0 saturated carbocycles. The molecule has 0 aliphatic rings. The van der Waals surface area contributed by atoms with E-state index in [1.54, 1.807) is 0 Å². The van der Waals surface area contributed by atoms with Crippen molar-refractivity contribution in [1.29, 1.82) is 0 Å². The molecule has 0 fully saturated rings. The van der Waals surface area contributed by atoms with Crippen molar-refractivity contribution in [3.8, 4) is 0 Å². The molecule has 21 heavy (non-hydrogen) atoms. The highest BCUT2D eigenvalue weighted by Gasteiger charge is 2.18. The molecule has 0 radical (unpaired) electrons. The number of aliphatic carboxylic acids is 1. The first-order chi connectivity index (χ1) is 9.88. The number of amides is 1. The maximum Gasteiger partial charge on any atom is 0.303 e. The third-order valence-electron chi connectivity index (χ3n) is 3.76. The Hall–Kier alpha value is -1.10. The summed E-state index contributed by atoms with van der Waals surface area (Å²) in [7, 11) is 0. The molecule has 0 aliphatic carbocycles. The maximum atomic E-state index is 11.8. The summed E-state index contributed by atoms with van der Waals surface area (Å²) in [5.74, 6) is -0.0268. The van der Waals surface area contributed by atoms with Crippen LogP contribution in [-0.2, 0) is 9.59 Å². The first kappa shape index (κ1) is 19.9. The summed E-state index contributed by atoms with van der Waals surface area (Å²) in [6.45, 7) is 7.32. The molecule has 124 valence electrons. The number of carboxylic acid groups (broad SMARTS) is 1. The van der Waals surface area contributed by atoms with Crippen LogP contribution in [0.1, 0.15) is 59.3 Å². The van der Waals surface area contributed by atoms with Crippen LogP contribution in [0, 0.1) is 17.8 Å². The number of nitrogens with two attached hydrogens (primary N) is 1. The average Bonchev–Trinajstić information content (AvgIpc) is 2.35. The highest BCUT2D eigenvalue weighted by Crippen LogP contribution is 2.19. The summed E-state index contributed by atoms with van der Waals surface area (Å²) < 4.78 is 0. The fourth-order valence-electron chi connectivity index (χ4n) is 2.70. The van der Waals surface area contributed by atoms with Gasteiger partial charge >= 0.3 is 5.97 Å². The Bertz CT molecular complexity index is 308. The zero-order valence-corrected chi connectivity index (χ0v) is 13.7. The second-order valence-corrected chi connectivity index (χ2v) is 6.28. The monoisotopic (exact) mass is 300 g/mol. The topological polar surface area (TPSA) is 92.4 Å². The van der Waals surface area contributed by atoms with Crippen molar-refractivity contribution in [3.63, 3.8) is 0 Å². The Kier molecular flexibility index (Phi) is 10.9. The highest BCUT2D eigenvalue weighted by atomic mass is 16.4. The quantitative estimate of drug-likeness (QED) is 0.516. The van der Waals surface area contributed by atoms with E-state index in [2.05, 4.69) is 19.2 Å². The smallest absolute Gasteiger partial charge is 0.303 e. The summed E-state index contributed by atoms with van der Waals surface area (Å²) in [4.78, 5) is 22.8. The molecule has 5 nitrogen and oxygen atoms in total. The molecule has 0 aromatic carbocycles. The fraction of sp³-hybridized carbons (Fsp3) is 0.875. The summed E-state index contributed by atoms with van der Waals surface area (Å²) in [6, 6.07) is 0. The second-order valence-electron chi connectivity index (χ2n) is 6.28. The van der Waals surface area contributed by atoms with E-state index in [4.69, 9.17) is 10.8 Å². The lowest BCUT2D eigenvalue weighted by Gasteiger charge is -2.20. The van der Waals surface area contributed by atoms with E-state index in [0.29, 0.717) is 25.4 Å². The average molecular weight is 300 g/mol. The van der Waals surface area contributed by atoms with Gasteiger partial charge in [-0.05, 0) is 37.1 Å². The zero-order valence-electron chi connectivity index (χ0n) is 13.7. The number of hydrogen-bond donors (Lipinski definition) is 3. The Morgan fingerprint density at radius 1 is 1.14 bits per heavy atom. The van der Waals surface area contributed by atoms with Gasteiger partial charge in [0.25, 0.3) is 0 Å². The second kappa shape index (κ2) is 11.5. The van der Waals surface area contributed by atoms with Crippen LogP contribution < -0.4 is 11.1 Å². The number of nitrogens with one attached hydrogen (secondary N) is 1. The zero-order chi connectivity index (χ0) is 16.3. The molecule has 3 unspecified atom stereocenters. The Labute approximate surface area is 128 Å². The lowest BCUT2D eigenvalue weighted by Crippen LogP contribution is -2.32. The molecule has 0 heterocycles. The van der Waals surface area contributed by atoms with Gasteiger partial charge in [0.1, 0.15) is 0 Å². The van der Waals surface area contributed by atoms with Gasteiger partial charge in [-0.2, -0.15) is 0 Å². The van der Waals surface area contributed by atoms with E-state index in [1.165, 1.54) is 0 Å². The minimum absolute atomic E-state index is 0.00511. The normalized spacial score (nSPS) is 15.2.